The van der Waals surface area contributed by atoms with Gasteiger partial charge < -0.3 is 4.55 Å². The highest BCUT2D eigenvalue weighted by Gasteiger charge is 1.74. The van der Waals surface area contributed by atoms with Gasteiger partial charge in [0, 0.05) is 0 Å². The van der Waals surface area contributed by atoms with Crippen molar-refractivity contribution in [2.75, 3.05) is 6.61 Å². The Morgan fingerprint density at radius 1 is 1.88 bits per heavy atom. The maximum atomic E-state index is 9.58. The van der Waals surface area contributed by atoms with Crippen LogP contribution in [0.5, 0.6) is 0 Å². The highest BCUT2D eigenvalue weighted by atomic mass is 32.2. The maximum Gasteiger partial charge on any atom is 0.123 e. The minimum absolute atomic E-state index is 0.0490. The standard InChI is InChI=1S/C4H6O3S/c1-2-3-4-7-8(5)6/h4H2,1H3,(H,5,6)/p-1. The lowest BCUT2D eigenvalue weighted by Crippen LogP contribution is -1.94. The Morgan fingerprint density at radius 3 is 2.88 bits per heavy atom. The van der Waals surface area contributed by atoms with E-state index in [1.807, 2.05) is 0 Å². The lowest BCUT2D eigenvalue weighted by molar-refractivity contribution is 0.339. The quantitative estimate of drug-likeness (QED) is 0.388. The SMILES string of the molecule is CC#CCOS(=O)[O-]. The Labute approximate surface area is 50.5 Å². The summed E-state index contributed by atoms with van der Waals surface area (Å²) in [5.74, 6) is 4.89. The fraction of sp³-hybridized carbons (Fsp3) is 0.500. The number of rotatable bonds is 2. The van der Waals surface area contributed by atoms with E-state index in [4.69, 9.17) is 0 Å². The molecular weight excluding hydrogens is 128 g/mol. The van der Waals surface area contributed by atoms with E-state index in [0.29, 0.717) is 0 Å². The van der Waals surface area contributed by atoms with Crippen LogP contribution in [0.1, 0.15) is 6.92 Å². The summed E-state index contributed by atoms with van der Waals surface area (Å²) in [6, 6.07) is 0. The first kappa shape index (κ1) is 7.63. The van der Waals surface area contributed by atoms with Gasteiger partial charge in [0.1, 0.15) is 6.61 Å². The Kier molecular flexibility index (Phi) is 4.56. The second-order valence-corrected chi connectivity index (χ2v) is 1.54. The number of hydrogen-bond acceptors (Lipinski definition) is 3. The van der Waals surface area contributed by atoms with E-state index in [-0.39, 0.29) is 6.61 Å². The van der Waals surface area contributed by atoms with Gasteiger partial charge in [-0.3, -0.25) is 4.18 Å². The van der Waals surface area contributed by atoms with Crippen LogP contribution in [0.15, 0.2) is 0 Å². The van der Waals surface area contributed by atoms with E-state index in [2.05, 4.69) is 16.0 Å². The molecule has 4 heteroatoms. The molecule has 0 aromatic carbocycles. The smallest absolute Gasteiger partial charge is 0.123 e. The first-order valence-corrected chi connectivity index (χ1v) is 2.89. The minimum Gasteiger partial charge on any atom is -0.750 e. The van der Waals surface area contributed by atoms with Crippen LogP contribution in [-0.4, -0.2) is 15.4 Å². The van der Waals surface area contributed by atoms with Gasteiger partial charge in [-0.15, -0.1) is 5.92 Å². The lowest BCUT2D eigenvalue weighted by atomic mass is 10.6. The zero-order valence-electron chi connectivity index (χ0n) is 4.34. The summed E-state index contributed by atoms with van der Waals surface area (Å²) in [6.07, 6.45) is 0. The van der Waals surface area contributed by atoms with E-state index >= 15 is 0 Å². The summed E-state index contributed by atoms with van der Waals surface area (Å²) in [6.45, 7) is 1.56. The molecule has 0 fully saturated rings. The molecule has 3 nitrogen and oxygen atoms in total. The highest BCUT2D eigenvalue weighted by Crippen LogP contribution is 1.74. The van der Waals surface area contributed by atoms with Gasteiger partial charge in [-0.1, -0.05) is 5.92 Å². The molecule has 0 aromatic heterocycles. The van der Waals surface area contributed by atoms with Crippen molar-refractivity contribution in [2.24, 2.45) is 0 Å². The van der Waals surface area contributed by atoms with Gasteiger partial charge in [0.15, 0.2) is 0 Å². The fourth-order valence-corrected chi connectivity index (χ4v) is 0.305. The van der Waals surface area contributed by atoms with Gasteiger partial charge >= 0.3 is 0 Å². The van der Waals surface area contributed by atoms with E-state index in [0.717, 1.165) is 0 Å². The molecule has 0 radical (unpaired) electrons. The van der Waals surface area contributed by atoms with Gasteiger partial charge in [-0.25, -0.2) is 4.21 Å². The van der Waals surface area contributed by atoms with Crippen molar-refractivity contribution in [1.29, 1.82) is 0 Å². The van der Waals surface area contributed by atoms with Crippen molar-refractivity contribution in [3.63, 3.8) is 0 Å². The molecule has 0 saturated heterocycles. The third kappa shape index (κ3) is 5.63. The molecule has 1 atom stereocenters. The van der Waals surface area contributed by atoms with Crippen molar-refractivity contribution in [2.45, 2.75) is 6.92 Å². The van der Waals surface area contributed by atoms with Crippen molar-refractivity contribution < 1.29 is 12.9 Å². The lowest BCUT2D eigenvalue weighted by Gasteiger charge is -1.98. The second kappa shape index (κ2) is 4.78. The minimum atomic E-state index is -2.42. The molecule has 0 N–H and O–H groups in total. The summed E-state index contributed by atoms with van der Waals surface area (Å²) in [4.78, 5) is 0. The van der Waals surface area contributed by atoms with E-state index < -0.39 is 11.4 Å². The van der Waals surface area contributed by atoms with Crippen LogP contribution in [0.25, 0.3) is 0 Å². The zero-order valence-corrected chi connectivity index (χ0v) is 5.16. The van der Waals surface area contributed by atoms with Crippen LogP contribution < -0.4 is 0 Å². The van der Waals surface area contributed by atoms with Crippen LogP contribution in [0.2, 0.25) is 0 Å². The van der Waals surface area contributed by atoms with Gasteiger partial charge in [0.05, 0.1) is 11.4 Å². The first-order chi connectivity index (χ1) is 3.77. The van der Waals surface area contributed by atoms with Gasteiger partial charge in [0.2, 0.25) is 0 Å². The molecule has 0 bridgehead atoms. The largest absolute Gasteiger partial charge is 0.750 e. The summed E-state index contributed by atoms with van der Waals surface area (Å²) in [5.41, 5.74) is 0. The normalized spacial score (nSPS) is 11.8. The topological polar surface area (TPSA) is 49.4 Å². The molecule has 0 aliphatic rings. The predicted molar refractivity (Wildman–Crippen MR) is 28.3 cm³/mol. The van der Waals surface area contributed by atoms with E-state index in [1.165, 1.54) is 0 Å². The Hall–Kier alpha value is -0.370. The van der Waals surface area contributed by atoms with Crippen LogP contribution >= 0.6 is 0 Å². The maximum absolute atomic E-state index is 9.58. The molecule has 0 aliphatic heterocycles. The van der Waals surface area contributed by atoms with Crippen LogP contribution in [0.3, 0.4) is 0 Å². The molecule has 0 rings (SSSR count). The van der Waals surface area contributed by atoms with Crippen LogP contribution in [0, 0.1) is 11.8 Å². The third-order valence-electron chi connectivity index (χ3n) is 0.404. The summed E-state index contributed by atoms with van der Waals surface area (Å²) < 4.78 is 23.2. The molecule has 0 saturated carbocycles. The van der Waals surface area contributed by atoms with Crippen molar-refractivity contribution in [1.82, 2.24) is 0 Å². The third-order valence-corrected chi connectivity index (χ3v) is 0.714. The molecule has 1 unspecified atom stereocenters. The molecule has 0 aliphatic carbocycles. The Balaban J connectivity index is 3.14. The molecule has 0 aromatic rings. The second-order valence-electron chi connectivity index (χ2n) is 0.893. The molecule has 8 heavy (non-hydrogen) atoms. The summed E-state index contributed by atoms with van der Waals surface area (Å²) in [5, 5.41) is 0. The average molecular weight is 133 g/mol. The number of hydrogen-bond donors (Lipinski definition) is 0. The monoisotopic (exact) mass is 133 g/mol. The van der Waals surface area contributed by atoms with E-state index in [9.17, 15) is 8.76 Å². The molecular formula is C4H5O3S-. The van der Waals surface area contributed by atoms with Crippen molar-refractivity contribution in [3.8, 4) is 11.8 Å². The Bertz CT molecular complexity index is 132. The molecule has 46 valence electrons. The van der Waals surface area contributed by atoms with Gasteiger partial charge in [-0.05, 0) is 6.92 Å². The molecule has 0 spiro atoms. The summed E-state index contributed by atoms with van der Waals surface area (Å²) >= 11 is -2.42. The molecule has 0 heterocycles. The average Bonchev–Trinajstić information content (AvgIpc) is 1.66. The van der Waals surface area contributed by atoms with Crippen LogP contribution in [-0.2, 0) is 15.5 Å². The summed E-state index contributed by atoms with van der Waals surface area (Å²) in [7, 11) is 0. The van der Waals surface area contributed by atoms with Gasteiger partial charge in [0.25, 0.3) is 0 Å². The van der Waals surface area contributed by atoms with Gasteiger partial charge in [-0.2, -0.15) is 0 Å². The van der Waals surface area contributed by atoms with Crippen molar-refractivity contribution in [3.05, 3.63) is 0 Å². The van der Waals surface area contributed by atoms with E-state index in [1.54, 1.807) is 6.92 Å². The predicted octanol–water partition coefficient (Wildman–Crippen LogP) is -0.180. The Morgan fingerprint density at radius 2 is 2.50 bits per heavy atom. The first-order valence-electron chi connectivity index (χ1n) is 1.89. The molecule has 0 amide bonds. The zero-order chi connectivity index (χ0) is 6.41. The van der Waals surface area contributed by atoms with Crippen molar-refractivity contribution >= 4 is 11.4 Å². The fourth-order valence-electron chi connectivity index (χ4n) is 0.150. The highest BCUT2D eigenvalue weighted by molar-refractivity contribution is 7.74. The van der Waals surface area contributed by atoms with Crippen LogP contribution in [0.4, 0.5) is 0 Å².